The predicted molar refractivity (Wildman–Crippen MR) is 71.3 cm³/mol. The lowest BCUT2D eigenvalue weighted by Gasteiger charge is -2.38. The van der Waals surface area contributed by atoms with Crippen LogP contribution in [0.25, 0.3) is 0 Å². The summed E-state index contributed by atoms with van der Waals surface area (Å²) in [7, 11) is 0. The van der Waals surface area contributed by atoms with Crippen molar-refractivity contribution in [3.05, 3.63) is 24.0 Å². The van der Waals surface area contributed by atoms with E-state index in [4.69, 9.17) is 5.73 Å². The van der Waals surface area contributed by atoms with Crippen LogP contribution in [0.5, 0.6) is 0 Å². The van der Waals surface area contributed by atoms with Crippen LogP contribution < -0.4 is 10.6 Å². The van der Waals surface area contributed by atoms with E-state index in [1.54, 1.807) is 0 Å². The maximum atomic E-state index is 5.70. The number of pyridine rings is 1. The lowest BCUT2D eigenvalue weighted by molar-refractivity contribution is 0.201. The van der Waals surface area contributed by atoms with Crippen molar-refractivity contribution in [2.24, 2.45) is 5.73 Å². The number of anilines is 1. The number of aromatic nitrogens is 1. The number of rotatable bonds is 3. The molecule has 1 aromatic rings. The second-order valence-electron chi connectivity index (χ2n) is 4.76. The Bertz CT molecular complexity index is 358. The molecule has 1 aliphatic heterocycles. The Morgan fingerprint density at radius 1 is 1.35 bits per heavy atom. The summed E-state index contributed by atoms with van der Waals surface area (Å²) >= 11 is 0. The summed E-state index contributed by atoms with van der Waals surface area (Å²) in [4.78, 5) is 9.13. The molecule has 0 aliphatic carbocycles. The Morgan fingerprint density at radius 2 is 2.06 bits per heavy atom. The normalized spacial score (nSPS) is 19.4. The molecular weight excluding hydrogens is 212 g/mol. The van der Waals surface area contributed by atoms with Gasteiger partial charge in [-0.2, -0.15) is 0 Å². The molecule has 1 atom stereocenters. The van der Waals surface area contributed by atoms with Crippen LogP contribution >= 0.6 is 0 Å². The van der Waals surface area contributed by atoms with Gasteiger partial charge in [0.25, 0.3) is 0 Å². The van der Waals surface area contributed by atoms with Gasteiger partial charge in [0.1, 0.15) is 0 Å². The van der Waals surface area contributed by atoms with Crippen molar-refractivity contribution in [1.29, 1.82) is 0 Å². The first kappa shape index (κ1) is 12.3. The van der Waals surface area contributed by atoms with E-state index in [2.05, 4.69) is 33.8 Å². The molecule has 0 saturated carbocycles. The summed E-state index contributed by atoms with van der Waals surface area (Å²) in [6, 6.07) is 4.74. The molecule has 17 heavy (non-hydrogen) atoms. The molecule has 1 fully saturated rings. The topological polar surface area (TPSA) is 45.4 Å². The van der Waals surface area contributed by atoms with E-state index in [1.165, 1.54) is 5.69 Å². The minimum Gasteiger partial charge on any atom is -0.369 e. The third-order valence-corrected chi connectivity index (χ3v) is 3.52. The van der Waals surface area contributed by atoms with E-state index in [9.17, 15) is 0 Å². The largest absolute Gasteiger partial charge is 0.369 e. The van der Waals surface area contributed by atoms with Crippen molar-refractivity contribution >= 4 is 5.69 Å². The highest BCUT2D eigenvalue weighted by atomic mass is 15.3. The van der Waals surface area contributed by atoms with Gasteiger partial charge in [0, 0.05) is 56.3 Å². The van der Waals surface area contributed by atoms with Crippen LogP contribution in [-0.2, 0) is 0 Å². The second kappa shape index (κ2) is 5.47. The quantitative estimate of drug-likeness (QED) is 0.842. The van der Waals surface area contributed by atoms with Gasteiger partial charge < -0.3 is 10.6 Å². The van der Waals surface area contributed by atoms with Crippen molar-refractivity contribution in [1.82, 2.24) is 9.88 Å². The van der Waals surface area contributed by atoms with Gasteiger partial charge in [-0.3, -0.25) is 9.88 Å². The summed E-state index contributed by atoms with van der Waals surface area (Å²) in [6.45, 7) is 9.33. The Hall–Kier alpha value is -1.13. The zero-order chi connectivity index (χ0) is 12.3. The lowest BCUT2D eigenvalue weighted by Crippen LogP contribution is -2.51. The van der Waals surface area contributed by atoms with Gasteiger partial charge in [-0.05, 0) is 26.0 Å². The first-order chi connectivity index (χ1) is 8.20. The maximum Gasteiger partial charge on any atom is 0.0400 e. The van der Waals surface area contributed by atoms with Crippen LogP contribution in [0.15, 0.2) is 18.3 Å². The average molecular weight is 234 g/mol. The molecule has 1 aliphatic rings. The van der Waals surface area contributed by atoms with E-state index in [-0.39, 0.29) is 0 Å². The highest BCUT2D eigenvalue weighted by Crippen LogP contribution is 2.17. The standard InChI is InChI=1S/C13H22N4/c1-11-9-13(3-4-15-11)17-7-5-16(6-8-17)12(2)10-14/h3-4,9,12H,5-8,10,14H2,1-2H3. The van der Waals surface area contributed by atoms with Crippen LogP contribution in [0.3, 0.4) is 0 Å². The van der Waals surface area contributed by atoms with Crippen molar-refractivity contribution in [2.75, 3.05) is 37.6 Å². The molecule has 2 N–H and O–H groups in total. The molecule has 0 radical (unpaired) electrons. The fourth-order valence-corrected chi connectivity index (χ4v) is 2.30. The van der Waals surface area contributed by atoms with Crippen LogP contribution in [0.2, 0.25) is 0 Å². The van der Waals surface area contributed by atoms with Crippen LogP contribution in [0.4, 0.5) is 5.69 Å². The monoisotopic (exact) mass is 234 g/mol. The number of hydrogen-bond acceptors (Lipinski definition) is 4. The van der Waals surface area contributed by atoms with E-state index in [0.29, 0.717) is 6.04 Å². The van der Waals surface area contributed by atoms with Gasteiger partial charge in [-0.25, -0.2) is 0 Å². The van der Waals surface area contributed by atoms with Gasteiger partial charge in [0.05, 0.1) is 0 Å². The number of hydrogen-bond donors (Lipinski definition) is 1. The highest BCUT2D eigenvalue weighted by molar-refractivity contribution is 5.46. The Kier molecular flexibility index (Phi) is 3.97. The van der Waals surface area contributed by atoms with Crippen LogP contribution in [-0.4, -0.2) is 48.6 Å². The van der Waals surface area contributed by atoms with Gasteiger partial charge in [0.15, 0.2) is 0 Å². The summed E-state index contributed by atoms with van der Waals surface area (Å²) in [5.41, 5.74) is 8.08. The maximum absolute atomic E-state index is 5.70. The van der Waals surface area contributed by atoms with E-state index < -0.39 is 0 Å². The molecular formula is C13H22N4. The molecule has 4 nitrogen and oxygen atoms in total. The second-order valence-corrected chi connectivity index (χ2v) is 4.76. The third kappa shape index (κ3) is 2.96. The minimum absolute atomic E-state index is 0.497. The molecule has 4 heteroatoms. The molecule has 1 aromatic heterocycles. The smallest absolute Gasteiger partial charge is 0.0400 e. The van der Waals surface area contributed by atoms with Crippen LogP contribution in [0, 0.1) is 6.92 Å². The van der Waals surface area contributed by atoms with Gasteiger partial charge >= 0.3 is 0 Å². The Morgan fingerprint density at radius 3 is 2.65 bits per heavy atom. The molecule has 0 bridgehead atoms. The summed E-state index contributed by atoms with van der Waals surface area (Å²) in [5, 5.41) is 0. The SMILES string of the molecule is Cc1cc(N2CCN(C(C)CN)CC2)ccn1. The number of aryl methyl sites for hydroxylation is 1. The van der Waals surface area contributed by atoms with Crippen LogP contribution in [0.1, 0.15) is 12.6 Å². The van der Waals surface area contributed by atoms with E-state index in [1.807, 2.05) is 13.1 Å². The van der Waals surface area contributed by atoms with Gasteiger partial charge in [0.2, 0.25) is 0 Å². The zero-order valence-corrected chi connectivity index (χ0v) is 10.8. The predicted octanol–water partition coefficient (Wildman–Crippen LogP) is 0.859. The number of nitrogens with two attached hydrogens (primary N) is 1. The van der Waals surface area contributed by atoms with Gasteiger partial charge in [-0.1, -0.05) is 0 Å². The van der Waals surface area contributed by atoms with Crippen molar-refractivity contribution in [2.45, 2.75) is 19.9 Å². The summed E-state index contributed by atoms with van der Waals surface area (Å²) in [6.07, 6.45) is 1.89. The summed E-state index contributed by atoms with van der Waals surface area (Å²) in [5.74, 6) is 0. The number of nitrogens with zero attached hydrogens (tertiary/aromatic N) is 3. The molecule has 0 aromatic carbocycles. The first-order valence-electron chi connectivity index (χ1n) is 6.32. The van der Waals surface area contributed by atoms with E-state index >= 15 is 0 Å². The van der Waals surface area contributed by atoms with Crippen molar-refractivity contribution in [3.63, 3.8) is 0 Å². The molecule has 0 spiro atoms. The first-order valence-corrected chi connectivity index (χ1v) is 6.32. The lowest BCUT2D eigenvalue weighted by atomic mass is 10.2. The Labute approximate surface area is 103 Å². The fraction of sp³-hybridized carbons (Fsp3) is 0.615. The average Bonchev–Trinajstić information content (AvgIpc) is 2.38. The van der Waals surface area contributed by atoms with Crippen molar-refractivity contribution in [3.8, 4) is 0 Å². The molecule has 0 amide bonds. The molecule has 94 valence electrons. The molecule has 1 saturated heterocycles. The summed E-state index contributed by atoms with van der Waals surface area (Å²) < 4.78 is 0. The zero-order valence-electron chi connectivity index (χ0n) is 10.8. The molecule has 2 heterocycles. The van der Waals surface area contributed by atoms with Crippen molar-refractivity contribution < 1.29 is 0 Å². The molecule has 2 rings (SSSR count). The Balaban J connectivity index is 1.95. The number of piperazine rings is 1. The minimum atomic E-state index is 0.497. The fourth-order valence-electron chi connectivity index (χ4n) is 2.30. The van der Waals surface area contributed by atoms with Gasteiger partial charge in [-0.15, -0.1) is 0 Å². The third-order valence-electron chi connectivity index (χ3n) is 3.52. The highest BCUT2D eigenvalue weighted by Gasteiger charge is 2.20. The van der Waals surface area contributed by atoms with E-state index in [0.717, 1.165) is 38.4 Å². The molecule has 1 unspecified atom stereocenters.